The van der Waals surface area contributed by atoms with Crippen molar-refractivity contribution in [3.8, 4) is 0 Å². The highest BCUT2D eigenvalue weighted by Gasteiger charge is 2.25. The Morgan fingerprint density at radius 3 is 2.00 bits per heavy atom. The summed E-state index contributed by atoms with van der Waals surface area (Å²) in [5.74, 6) is 2.02. The van der Waals surface area contributed by atoms with Crippen LogP contribution in [0.15, 0.2) is 0 Å². The fourth-order valence-electron chi connectivity index (χ4n) is 4.05. The molecule has 1 saturated heterocycles. The molecule has 1 rings (SSSR count). The minimum Gasteiger partial charge on any atom is -0.306 e. The number of piperidine rings is 1. The maximum Gasteiger partial charge on any atom is 0.000926 e. The molecule has 0 aromatic heterocycles. The molecule has 21 heavy (non-hydrogen) atoms. The molecule has 0 saturated carbocycles. The van der Waals surface area contributed by atoms with Gasteiger partial charge < -0.3 is 4.90 Å². The molecule has 0 N–H and O–H groups in total. The van der Waals surface area contributed by atoms with Crippen LogP contribution >= 0.6 is 0 Å². The molecule has 2 atom stereocenters. The first kappa shape index (κ1) is 19.0. The lowest BCUT2D eigenvalue weighted by molar-refractivity contribution is 0.144. The third-order valence-corrected chi connectivity index (χ3v) is 5.43. The van der Waals surface area contributed by atoms with E-state index in [4.69, 9.17) is 0 Å². The van der Waals surface area contributed by atoms with Crippen molar-refractivity contribution in [2.45, 2.75) is 97.3 Å². The average Bonchev–Trinajstić information content (AvgIpc) is 2.49. The Bertz CT molecular complexity index is 226. The Hall–Kier alpha value is -0.0400. The van der Waals surface area contributed by atoms with E-state index in [2.05, 4.69) is 25.8 Å². The predicted octanol–water partition coefficient (Wildman–Crippen LogP) is 6.28. The SMILES string of the molecule is CCCCCCCC(CCCCCC)C1CCCN(C)C1. The predicted molar refractivity (Wildman–Crippen MR) is 95.8 cm³/mol. The Kier molecular flexibility index (Phi) is 11.3. The molecular formula is C20H41N. The van der Waals surface area contributed by atoms with Gasteiger partial charge in [-0.25, -0.2) is 0 Å². The van der Waals surface area contributed by atoms with Crippen LogP contribution in [0.25, 0.3) is 0 Å². The monoisotopic (exact) mass is 295 g/mol. The van der Waals surface area contributed by atoms with Gasteiger partial charge in [-0.3, -0.25) is 0 Å². The Balaban J connectivity index is 2.29. The lowest BCUT2D eigenvalue weighted by atomic mass is 9.79. The van der Waals surface area contributed by atoms with E-state index in [-0.39, 0.29) is 0 Å². The number of nitrogens with zero attached hydrogens (tertiary/aromatic N) is 1. The van der Waals surface area contributed by atoms with Gasteiger partial charge in [-0.05, 0) is 38.3 Å². The molecule has 0 aromatic rings. The molecule has 1 nitrogen and oxygen atoms in total. The normalized spacial score (nSPS) is 21.6. The third kappa shape index (κ3) is 8.86. The van der Waals surface area contributed by atoms with Gasteiger partial charge in [0.1, 0.15) is 0 Å². The van der Waals surface area contributed by atoms with E-state index >= 15 is 0 Å². The van der Waals surface area contributed by atoms with Crippen LogP contribution in [-0.4, -0.2) is 25.0 Å². The van der Waals surface area contributed by atoms with Gasteiger partial charge in [0.15, 0.2) is 0 Å². The number of hydrogen-bond acceptors (Lipinski definition) is 1. The minimum absolute atomic E-state index is 0.997. The molecule has 1 aliphatic rings. The van der Waals surface area contributed by atoms with Crippen molar-refractivity contribution in [3.63, 3.8) is 0 Å². The van der Waals surface area contributed by atoms with Gasteiger partial charge in [-0.15, -0.1) is 0 Å². The summed E-state index contributed by atoms with van der Waals surface area (Å²) in [6.45, 7) is 7.33. The van der Waals surface area contributed by atoms with Crippen molar-refractivity contribution in [2.24, 2.45) is 11.8 Å². The van der Waals surface area contributed by atoms with Crippen molar-refractivity contribution in [3.05, 3.63) is 0 Å². The zero-order chi connectivity index (χ0) is 15.3. The molecule has 0 bridgehead atoms. The second-order valence-corrected chi connectivity index (χ2v) is 7.48. The zero-order valence-corrected chi connectivity index (χ0v) is 15.2. The van der Waals surface area contributed by atoms with Crippen molar-refractivity contribution < 1.29 is 0 Å². The van der Waals surface area contributed by atoms with E-state index in [1.807, 2.05) is 0 Å². The fourth-order valence-corrected chi connectivity index (χ4v) is 4.05. The van der Waals surface area contributed by atoms with Crippen LogP contribution in [-0.2, 0) is 0 Å². The first-order valence-electron chi connectivity index (χ1n) is 9.96. The summed E-state index contributed by atoms with van der Waals surface area (Å²) < 4.78 is 0. The van der Waals surface area contributed by atoms with Crippen LogP contribution in [0, 0.1) is 11.8 Å². The quantitative estimate of drug-likeness (QED) is 0.383. The molecule has 2 unspecified atom stereocenters. The summed E-state index contributed by atoms with van der Waals surface area (Å²) in [6, 6.07) is 0. The Morgan fingerprint density at radius 2 is 1.43 bits per heavy atom. The number of likely N-dealkylation sites (tertiary alicyclic amines) is 1. The fraction of sp³-hybridized carbons (Fsp3) is 1.00. The summed E-state index contributed by atoms with van der Waals surface area (Å²) in [6.07, 6.45) is 18.9. The van der Waals surface area contributed by atoms with Gasteiger partial charge in [-0.2, -0.15) is 0 Å². The van der Waals surface area contributed by atoms with Gasteiger partial charge >= 0.3 is 0 Å². The van der Waals surface area contributed by atoms with Crippen LogP contribution in [0.1, 0.15) is 97.3 Å². The van der Waals surface area contributed by atoms with Crippen molar-refractivity contribution in [1.82, 2.24) is 4.90 Å². The molecule has 1 heterocycles. The smallest absolute Gasteiger partial charge is 0.000926 e. The van der Waals surface area contributed by atoms with Crippen molar-refractivity contribution in [1.29, 1.82) is 0 Å². The molecule has 0 aliphatic carbocycles. The summed E-state index contributed by atoms with van der Waals surface area (Å²) in [7, 11) is 2.32. The second-order valence-electron chi connectivity index (χ2n) is 7.48. The van der Waals surface area contributed by atoms with E-state index in [9.17, 15) is 0 Å². The standard InChI is InChI=1S/C20H41N/c1-4-6-8-10-12-15-19(14-11-9-7-5-2)20-16-13-17-21(3)18-20/h19-20H,4-18H2,1-3H3. The van der Waals surface area contributed by atoms with E-state index < -0.39 is 0 Å². The van der Waals surface area contributed by atoms with Gasteiger partial charge in [0.25, 0.3) is 0 Å². The summed E-state index contributed by atoms with van der Waals surface area (Å²) in [5.41, 5.74) is 0. The summed E-state index contributed by atoms with van der Waals surface area (Å²) >= 11 is 0. The van der Waals surface area contributed by atoms with E-state index in [1.165, 1.54) is 96.6 Å². The number of rotatable bonds is 12. The molecule has 1 fully saturated rings. The molecule has 0 radical (unpaired) electrons. The van der Waals surface area contributed by atoms with E-state index in [0.717, 1.165) is 11.8 Å². The molecule has 1 heteroatoms. The topological polar surface area (TPSA) is 3.24 Å². The largest absolute Gasteiger partial charge is 0.306 e. The molecule has 126 valence electrons. The highest BCUT2D eigenvalue weighted by Crippen LogP contribution is 2.31. The van der Waals surface area contributed by atoms with E-state index in [0.29, 0.717) is 0 Å². The first-order chi connectivity index (χ1) is 10.3. The second kappa shape index (κ2) is 12.5. The molecule has 0 amide bonds. The third-order valence-electron chi connectivity index (χ3n) is 5.43. The zero-order valence-electron chi connectivity index (χ0n) is 15.2. The average molecular weight is 296 g/mol. The van der Waals surface area contributed by atoms with Crippen LogP contribution in [0.2, 0.25) is 0 Å². The molecule has 0 aromatic carbocycles. The Morgan fingerprint density at radius 1 is 0.857 bits per heavy atom. The molecule has 0 spiro atoms. The van der Waals surface area contributed by atoms with Gasteiger partial charge in [0.05, 0.1) is 0 Å². The van der Waals surface area contributed by atoms with Crippen LogP contribution in [0.4, 0.5) is 0 Å². The van der Waals surface area contributed by atoms with Gasteiger partial charge in [0.2, 0.25) is 0 Å². The highest BCUT2D eigenvalue weighted by molar-refractivity contribution is 4.77. The van der Waals surface area contributed by atoms with Crippen molar-refractivity contribution in [2.75, 3.05) is 20.1 Å². The highest BCUT2D eigenvalue weighted by atomic mass is 15.1. The van der Waals surface area contributed by atoms with Crippen LogP contribution < -0.4 is 0 Å². The van der Waals surface area contributed by atoms with Crippen LogP contribution in [0.5, 0.6) is 0 Å². The van der Waals surface area contributed by atoms with Crippen LogP contribution in [0.3, 0.4) is 0 Å². The molecule has 1 aliphatic heterocycles. The Labute approximate surface area is 134 Å². The number of hydrogen-bond donors (Lipinski definition) is 0. The number of unbranched alkanes of at least 4 members (excludes halogenated alkanes) is 7. The summed E-state index contributed by atoms with van der Waals surface area (Å²) in [5, 5.41) is 0. The maximum atomic E-state index is 2.57. The first-order valence-corrected chi connectivity index (χ1v) is 9.96. The lowest BCUT2D eigenvalue weighted by Gasteiger charge is -2.35. The van der Waals surface area contributed by atoms with Crippen molar-refractivity contribution >= 4 is 0 Å². The lowest BCUT2D eigenvalue weighted by Crippen LogP contribution is -2.35. The summed E-state index contributed by atoms with van der Waals surface area (Å²) in [4.78, 5) is 2.57. The molecular weight excluding hydrogens is 254 g/mol. The minimum atomic E-state index is 0.997. The maximum absolute atomic E-state index is 2.57. The van der Waals surface area contributed by atoms with Gasteiger partial charge in [-0.1, -0.05) is 84.5 Å². The van der Waals surface area contributed by atoms with E-state index in [1.54, 1.807) is 0 Å². The van der Waals surface area contributed by atoms with Gasteiger partial charge in [0, 0.05) is 6.54 Å².